The Kier molecular flexibility index (Phi) is 3.75. The van der Waals surface area contributed by atoms with E-state index >= 15 is 0 Å². The predicted molar refractivity (Wildman–Crippen MR) is 87.9 cm³/mol. The van der Waals surface area contributed by atoms with Crippen molar-refractivity contribution in [2.24, 2.45) is 0 Å². The number of halogens is 1. The van der Waals surface area contributed by atoms with Crippen LogP contribution in [0.2, 0.25) is 5.02 Å². The summed E-state index contributed by atoms with van der Waals surface area (Å²) in [5, 5.41) is 12.7. The van der Waals surface area contributed by atoms with Crippen LogP contribution in [0, 0.1) is 6.92 Å². The molecule has 1 aromatic carbocycles. The maximum absolute atomic E-state index is 12.5. The third-order valence-electron chi connectivity index (χ3n) is 3.27. The van der Waals surface area contributed by atoms with Crippen molar-refractivity contribution in [1.82, 2.24) is 9.38 Å². The zero-order valence-corrected chi connectivity index (χ0v) is 12.8. The summed E-state index contributed by atoms with van der Waals surface area (Å²) in [6.45, 7) is 1.81. The average molecular weight is 330 g/mol. The summed E-state index contributed by atoms with van der Waals surface area (Å²) in [6.07, 6.45) is 1.56. The van der Waals surface area contributed by atoms with Crippen molar-refractivity contribution in [3.8, 4) is 0 Å². The Balaban J connectivity index is 2.23. The standard InChI is InChI=1S/C16H12ClN3O3/c1-9-5-6-12-19-14(18-11-4-2-3-10(17)7-11)13(16(22)23)15(21)20(12)8-9/h2-8,18H,1H3,(H,22,23). The van der Waals surface area contributed by atoms with Crippen LogP contribution in [0.3, 0.4) is 0 Å². The van der Waals surface area contributed by atoms with Crippen LogP contribution in [-0.2, 0) is 0 Å². The minimum absolute atomic E-state index is 0.0198. The van der Waals surface area contributed by atoms with Crippen LogP contribution in [0.25, 0.3) is 5.65 Å². The van der Waals surface area contributed by atoms with Crippen molar-refractivity contribution >= 4 is 34.7 Å². The average Bonchev–Trinajstić information content (AvgIpc) is 2.48. The van der Waals surface area contributed by atoms with Gasteiger partial charge in [-0.25, -0.2) is 9.78 Å². The molecule has 3 rings (SSSR count). The number of hydrogen-bond donors (Lipinski definition) is 2. The summed E-state index contributed by atoms with van der Waals surface area (Å²) in [5.41, 5.74) is 0.663. The first-order chi connectivity index (χ1) is 11.0. The van der Waals surface area contributed by atoms with E-state index in [1.54, 1.807) is 42.6 Å². The first-order valence-electron chi connectivity index (χ1n) is 6.74. The molecule has 2 N–H and O–H groups in total. The van der Waals surface area contributed by atoms with Crippen molar-refractivity contribution in [3.63, 3.8) is 0 Å². The van der Waals surface area contributed by atoms with Crippen LogP contribution >= 0.6 is 11.6 Å². The first kappa shape index (κ1) is 15.1. The second-order valence-corrected chi connectivity index (χ2v) is 5.45. The van der Waals surface area contributed by atoms with Crippen LogP contribution in [0.15, 0.2) is 47.4 Å². The number of carbonyl (C=O) groups is 1. The van der Waals surface area contributed by atoms with Gasteiger partial charge in [0.15, 0.2) is 11.4 Å². The number of aryl methyl sites for hydroxylation is 1. The summed E-state index contributed by atoms with van der Waals surface area (Å²) in [6, 6.07) is 10.2. The van der Waals surface area contributed by atoms with Gasteiger partial charge in [0.2, 0.25) is 0 Å². The van der Waals surface area contributed by atoms with Gasteiger partial charge in [0.25, 0.3) is 5.56 Å². The van der Waals surface area contributed by atoms with E-state index in [1.807, 2.05) is 6.92 Å². The molecule has 0 aliphatic heterocycles. The third kappa shape index (κ3) is 2.89. The maximum Gasteiger partial charge on any atom is 0.345 e. The zero-order valence-electron chi connectivity index (χ0n) is 12.1. The van der Waals surface area contributed by atoms with Crippen LogP contribution in [0.5, 0.6) is 0 Å². The van der Waals surface area contributed by atoms with Crippen molar-refractivity contribution in [2.75, 3.05) is 5.32 Å². The van der Waals surface area contributed by atoms with Gasteiger partial charge in [-0.15, -0.1) is 0 Å². The molecule has 0 fully saturated rings. The summed E-state index contributed by atoms with van der Waals surface area (Å²) in [7, 11) is 0. The molecule has 2 aromatic heterocycles. The Morgan fingerprint density at radius 1 is 1.30 bits per heavy atom. The molecule has 2 heterocycles. The normalized spacial score (nSPS) is 10.7. The van der Waals surface area contributed by atoms with E-state index in [9.17, 15) is 14.7 Å². The van der Waals surface area contributed by atoms with Gasteiger partial charge in [0.05, 0.1) is 0 Å². The van der Waals surface area contributed by atoms with E-state index < -0.39 is 17.1 Å². The predicted octanol–water partition coefficient (Wildman–Crippen LogP) is 3.10. The molecule has 23 heavy (non-hydrogen) atoms. The Hall–Kier alpha value is -2.86. The highest BCUT2D eigenvalue weighted by Crippen LogP contribution is 2.21. The molecule has 0 bridgehead atoms. The number of carboxylic acid groups (broad SMARTS) is 1. The number of benzene rings is 1. The number of aromatic nitrogens is 2. The quantitative estimate of drug-likeness (QED) is 0.771. The molecule has 0 unspecified atom stereocenters. The second kappa shape index (κ2) is 5.73. The van der Waals surface area contributed by atoms with Crippen LogP contribution in [-0.4, -0.2) is 20.5 Å². The SMILES string of the molecule is Cc1ccc2nc(Nc3cccc(Cl)c3)c(C(=O)O)c(=O)n2c1. The molecule has 0 aliphatic carbocycles. The number of aromatic carboxylic acids is 1. The van der Waals surface area contributed by atoms with Crippen molar-refractivity contribution < 1.29 is 9.90 Å². The highest BCUT2D eigenvalue weighted by molar-refractivity contribution is 6.30. The van der Waals surface area contributed by atoms with E-state index in [1.165, 1.54) is 4.40 Å². The molecule has 0 amide bonds. The molecular formula is C16H12ClN3O3. The lowest BCUT2D eigenvalue weighted by atomic mass is 10.2. The number of hydrogen-bond acceptors (Lipinski definition) is 4. The van der Waals surface area contributed by atoms with E-state index in [-0.39, 0.29) is 5.82 Å². The summed E-state index contributed by atoms with van der Waals surface area (Å²) in [4.78, 5) is 28.2. The van der Waals surface area contributed by atoms with Gasteiger partial charge in [0, 0.05) is 16.9 Å². The first-order valence-corrected chi connectivity index (χ1v) is 7.12. The van der Waals surface area contributed by atoms with E-state index in [4.69, 9.17) is 11.6 Å². The van der Waals surface area contributed by atoms with Crippen LogP contribution in [0.1, 0.15) is 15.9 Å². The molecule has 0 aliphatic rings. The van der Waals surface area contributed by atoms with Gasteiger partial charge >= 0.3 is 5.97 Å². The smallest absolute Gasteiger partial charge is 0.345 e. The van der Waals surface area contributed by atoms with E-state index in [0.29, 0.717) is 16.4 Å². The molecule has 116 valence electrons. The Labute approximate surface area is 136 Å². The lowest BCUT2D eigenvalue weighted by molar-refractivity contribution is 0.0695. The van der Waals surface area contributed by atoms with E-state index in [2.05, 4.69) is 10.3 Å². The highest BCUT2D eigenvalue weighted by atomic mass is 35.5. The van der Waals surface area contributed by atoms with Crippen molar-refractivity contribution in [1.29, 1.82) is 0 Å². The van der Waals surface area contributed by atoms with Gasteiger partial charge in [0.1, 0.15) is 5.65 Å². The summed E-state index contributed by atoms with van der Waals surface area (Å²) >= 11 is 5.91. The molecule has 7 heteroatoms. The van der Waals surface area contributed by atoms with Crippen LogP contribution in [0.4, 0.5) is 11.5 Å². The summed E-state index contributed by atoms with van der Waals surface area (Å²) < 4.78 is 1.22. The Morgan fingerprint density at radius 3 is 2.78 bits per heavy atom. The fraction of sp³-hybridized carbons (Fsp3) is 0.0625. The third-order valence-corrected chi connectivity index (χ3v) is 3.51. The molecule has 3 aromatic rings. The molecule has 6 nitrogen and oxygen atoms in total. The Bertz CT molecular complexity index is 982. The van der Waals surface area contributed by atoms with Gasteiger partial charge < -0.3 is 10.4 Å². The topological polar surface area (TPSA) is 83.7 Å². The zero-order chi connectivity index (χ0) is 16.6. The van der Waals surface area contributed by atoms with E-state index in [0.717, 1.165) is 5.56 Å². The largest absolute Gasteiger partial charge is 0.477 e. The number of carboxylic acids is 1. The number of fused-ring (bicyclic) bond motifs is 1. The molecular weight excluding hydrogens is 318 g/mol. The fourth-order valence-corrected chi connectivity index (χ4v) is 2.42. The summed E-state index contributed by atoms with van der Waals surface area (Å²) in [5.74, 6) is -1.36. The number of pyridine rings is 1. The Morgan fingerprint density at radius 2 is 2.09 bits per heavy atom. The van der Waals surface area contributed by atoms with Gasteiger partial charge in [-0.1, -0.05) is 23.7 Å². The van der Waals surface area contributed by atoms with Gasteiger partial charge in [-0.05, 0) is 36.8 Å². The highest BCUT2D eigenvalue weighted by Gasteiger charge is 2.19. The second-order valence-electron chi connectivity index (χ2n) is 5.02. The number of nitrogens with one attached hydrogen (secondary N) is 1. The number of rotatable bonds is 3. The molecule has 0 saturated heterocycles. The number of nitrogens with zero attached hydrogens (tertiary/aromatic N) is 2. The van der Waals surface area contributed by atoms with Crippen molar-refractivity contribution in [2.45, 2.75) is 6.92 Å². The van der Waals surface area contributed by atoms with Gasteiger partial charge in [-0.2, -0.15) is 0 Å². The maximum atomic E-state index is 12.5. The molecule has 0 radical (unpaired) electrons. The van der Waals surface area contributed by atoms with Crippen molar-refractivity contribution in [3.05, 3.63) is 69.1 Å². The number of anilines is 2. The molecule has 0 atom stereocenters. The molecule has 0 spiro atoms. The van der Waals surface area contributed by atoms with Crippen LogP contribution < -0.4 is 10.9 Å². The lowest BCUT2D eigenvalue weighted by Crippen LogP contribution is -2.25. The minimum Gasteiger partial charge on any atom is -0.477 e. The van der Waals surface area contributed by atoms with Gasteiger partial charge in [-0.3, -0.25) is 9.20 Å². The lowest BCUT2D eigenvalue weighted by Gasteiger charge is -2.11. The fourth-order valence-electron chi connectivity index (χ4n) is 2.23. The monoisotopic (exact) mass is 329 g/mol. The minimum atomic E-state index is -1.34. The molecule has 0 saturated carbocycles.